The molecule has 0 saturated heterocycles. The topological polar surface area (TPSA) is 60.2 Å². The maximum atomic E-state index is 5.53. The molecule has 0 bridgehead atoms. The van der Waals surface area contributed by atoms with Gasteiger partial charge in [-0.1, -0.05) is 18.2 Å². The molecule has 1 aromatic heterocycles. The Morgan fingerprint density at radius 1 is 1.11 bits per heavy atom. The zero-order valence-corrected chi connectivity index (χ0v) is 11.5. The summed E-state index contributed by atoms with van der Waals surface area (Å²) in [4.78, 5) is 0. The summed E-state index contributed by atoms with van der Waals surface area (Å²) in [6, 6.07) is 9.55. The zero-order valence-electron chi connectivity index (χ0n) is 11.5. The van der Waals surface area contributed by atoms with Crippen molar-refractivity contribution in [3.8, 4) is 5.75 Å². The Kier molecular flexibility index (Phi) is 4.16. The Morgan fingerprint density at radius 3 is 2.47 bits per heavy atom. The molecule has 0 aliphatic carbocycles. The molecular weight excluding hydrogens is 242 g/mol. The number of hydrogen-bond acceptors (Lipinski definition) is 5. The summed E-state index contributed by atoms with van der Waals surface area (Å²) >= 11 is 0. The molecule has 2 aromatic rings. The van der Waals surface area contributed by atoms with Gasteiger partial charge < -0.3 is 14.5 Å². The van der Waals surface area contributed by atoms with Crippen molar-refractivity contribution in [1.29, 1.82) is 0 Å². The van der Waals surface area contributed by atoms with Gasteiger partial charge in [-0.2, -0.15) is 0 Å². The molecule has 1 aromatic carbocycles. The quantitative estimate of drug-likeness (QED) is 0.896. The van der Waals surface area contributed by atoms with E-state index in [9.17, 15) is 0 Å². The fourth-order valence-electron chi connectivity index (χ4n) is 1.42. The summed E-state index contributed by atoms with van der Waals surface area (Å²) in [6.45, 7) is 7.10. The second-order valence-corrected chi connectivity index (χ2v) is 5.29. The Bertz CT molecular complexity index is 503. The highest BCUT2D eigenvalue weighted by molar-refractivity contribution is 5.20. The van der Waals surface area contributed by atoms with Gasteiger partial charge in [0.05, 0.1) is 6.54 Å². The fraction of sp³-hybridized carbons (Fsp3) is 0.429. The molecular formula is C14H19N3O2. The van der Waals surface area contributed by atoms with Crippen molar-refractivity contribution in [2.45, 2.75) is 39.5 Å². The summed E-state index contributed by atoms with van der Waals surface area (Å²) < 4.78 is 11.0. The lowest BCUT2D eigenvalue weighted by molar-refractivity contribution is 0.256. The van der Waals surface area contributed by atoms with E-state index in [0.717, 1.165) is 5.75 Å². The Hall–Kier alpha value is -1.88. The van der Waals surface area contributed by atoms with Crippen molar-refractivity contribution in [2.24, 2.45) is 0 Å². The molecule has 0 fully saturated rings. The fourth-order valence-corrected chi connectivity index (χ4v) is 1.42. The van der Waals surface area contributed by atoms with Crippen molar-refractivity contribution in [3.05, 3.63) is 42.1 Å². The number of hydrogen-bond donors (Lipinski definition) is 1. The predicted molar refractivity (Wildman–Crippen MR) is 71.7 cm³/mol. The van der Waals surface area contributed by atoms with Gasteiger partial charge in [-0.25, -0.2) is 0 Å². The van der Waals surface area contributed by atoms with Crippen molar-refractivity contribution >= 4 is 0 Å². The van der Waals surface area contributed by atoms with E-state index in [1.807, 2.05) is 30.3 Å². The monoisotopic (exact) mass is 261 g/mol. The molecule has 0 spiro atoms. The van der Waals surface area contributed by atoms with Crippen LogP contribution in [0.4, 0.5) is 0 Å². The van der Waals surface area contributed by atoms with E-state index in [-0.39, 0.29) is 12.1 Å². The average molecular weight is 261 g/mol. The first-order valence-corrected chi connectivity index (χ1v) is 6.27. The Balaban J connectivity index is 1.84. The summed E-state index contributed by atoms with van der Waals surface area (Å²) in [7, 11) is 0. The molecule has 19 heavy (non-hydrogen) atoms. The molecule has 2 rings (SSSR count). The summed E-state index contributed by atoms with van der Waals surface area (Å²) in [5.74, 6) is 1.84. The molecule has 0 radical (unpaired) electrons. The molecule has 102 valence electrons. The van der Waals surface area contributed by atoms with E-state index in [1.165, 1.54) is 0 Å². The number of nitrogens with zero attached hydrogens (tertiary/aromatic N) is 2. The van der Waals surface area contributed by atoms with Gasteiger partial charge in [-0.15, -0.1) is 10.2 Å². The van der Waals surface area contributed by atoms with Crippen LogP contribution in [-0.4, -0.2) is 15.7 Å². The van der Waals surface area contributed by atoms with Gasteiger partial charge in [-0.05, 0) is 32.9 Å². The lowest BCUT2D eigenvalue weighted by atomic mass is 10.1. The number of ether oxygens (including phenoxy) is 1. The first-order valence-electron chi connectivity index (χ1n) is 6.27. The van der Waals surface area contributed by atoms with Gasteiger partial charge in [0.25, 0.3) is 5.89 Å². The summed E-state index contributed by atoms with van der Waals surface area (Å²) in [5, 5.41) is 11.2. The minimum atomic E-state index is 0.0230. The first-order chi connectivity index (χ1) is 9.03. The molecule has 0 atom stereocenters. The Morgan fingerprint density at radius 2 is 1.79 bits per heavy atom. The number of para-hydroxylation sites is 1. The molecule has 5 nitrogen and oxygen atoms in total. The zero-order chi connectivity index (χ0) is 13.7. The van der Waals surface area contributed by atoms with Crippen molar-refractivity contribution in [3.63, 3.8) is 0 Å². The average Bonchev–Trinajstić information content (AvgIpc) is 2.82. The van der Waals surface area contributed by atoms with Crippen molar-refractivity contribution in [1.82, 2.24) is 15.5 Å². The lowest BCUT2D eigenvalue weighted by Gasteiger charge is -2.18. The van der Waals surface area contributed by atoms with Crippen molar-refractivity contribution in [2.75, 3.05) is 0 Å². The van der Waals surface area contributed by atoms with Crippen LogP contribution >= 0.6 is 0 Å². The number of nitrogens with one attached hydrogen (secondary N) is 1. The molecule has 5 heteroatoms. The molecule has 0 aliphatic rings. The van der Waals surface area contributed by atoms with E-state index in [0.29, 0.717) is 18.3 Å². The summed E-state index contributed by atoms with van der Waals surface area (Å²) in [6.07, 6.45) is 0. The third-order valence-corrected chi connectivity index (χ3v) is 2.38. The minimum absolute atomic E-state index is 0.0230. The highest BCUT2D eigenvalue weighted by atomic mass is 16.5. The second-order valence-electron chi connectivity index (χ2n) is 5.29. The molecule has 1 heterocycles. The molecule has 0 aliphatic heterocycles. The third-order valence-electron chi connectivity index (χ3n) is 2.38. The highest BCUT2D eigenvalue weighted by Crippen LogP contribution is 2.11. The molecule has 0 unspecified atom stereocenters. The van der Waals surface area contributed by atoms with E-state index >= 15 is 0 Å². The van der Waals surface area contributed by atoms with Gasteiger partial charge in [0.1, 0.15) is 5.75 Å². The molecule has 1 N–H and O–H groups in total. The molecule has 0 saturated carbocycles. The standard InChI is InChI=1S/C14H19N3O2/c1-14(2,3)15-9-12-16-17-13(19-12)10-18-11-7-5-4-6-8-11/h4-8,15H,9-10H2,1-3H3. The van der Waals surface area contributed by atoms with E-state index in [2.05, 4.69) is 36.3 Å². The van der Waals surface area contributed by atoms with Crippen LogP contribution < -0.4 is 10.1 Å². The van der Waals surface area contributed by atoms with Gasteiger partial charge >= 0.3 is 0 Å². The van der Waals surface area contributed by atoms with Crippen LogP contribution in [0.2, 0.25) is 0 Å². The number of rotatable bonds is 5. The highest BCUT2D eigenvalue weighted by Gasteiger charge is 2.12. The van der Waals surface area contributed by atoms with Crippen LogP contribution in [0.1, 0.15) is 32.6 Å². The predicted octanol–water partition coefficient (Wildman–Crippen LogP) is 2.54. The van der Waals surface area contributed by atoms with Crippen LogP contribution in [0.5, 0.6) is 5.75 Å². The first kappa shape index (κ1) is 13.5. The van der Waals surface area contributed by atoms with Crippen LogP contribution in [-0.2, 0) is 13.2 Å². The number of aromatic nitrogens is 2. The normalized spacial score (nSPS) is 11.5. The molecule has 0 amide bonds. The second kappa shape index (κ2) is 5.84. The van der Waals surface area contributed by atoms with Crippen molar-refractivity contribution < 1.29 is 9.15 Å². The van der Waals surface area contributed by atoms with Crippen LogP contribution in [0.3, 0.4) is 0 Å². The third kappa shape index (κ3) is 4.71. The van der Waals surface area contributed by atoms with E-state index < -0.39 is 0 Å². The van der Waals surface area contributed by atoms with Crippen LogP contribution in [0.15, 0.2) is 34.7 Å². The smallest absolute Gasteiger partial charge is 0.253 e. The van der Waals surface area contributed by atoms with E-state index in [1.54, 1.807) is 0 Å². The van der Waals surface area contributed by atoms with E-state index in [4.69, 9.17) is 9.15 Å². The number of benzene rings is 1. The SMILES string of the molecule is CC(C)(C)NCc1nnc(COc2ccccc2)o1. The van der Waals surface area contributed by atoms with Crippen LogP contribution in [0, 0.1) is 0 Å². The largest absolute Gasteiger partial charge is 0.484 e. The lowest BCUT2D eigenvalue weighted by Crippen LogP contribution is -2.35. The van der Waals surface area contributed by atoms with Gasteiger partial charge in [-0.3, -0.25) is 0 Å². The summed E-state index contributed by atoms with van der Waals surface area (Å²) in [5.41, 5.74) is 0.0230. The maximum absolute atomic E-state index is 5.53. The minimum Gasteiger partial charge on any atom is -0.484 e. The maximum Gasteiger partial charge on any atom is 0.253 e. The Labute approximate surface area is 113 Å². The van der Waals surface area contributed by atoms with Gasteiger partial charge in [0, 0.05) is 5.54 Å². The van der Waals surface area contributed by atoms with Gasteiger partial charge in [0.2, 0.25) is 5.89 Å². The van der Waals surface area contributed by atoms with Gasteiger partial charge in [0.15, 0.2) is 6.61 Å². The van der Waals surface area contributed by atoms with Crippen LogP contribution in [0.25, 0.3) is 0 Å².